The molecule has 0 aliphatic carbocycles. The number of hydrogen-bond acceptors (Lipinski definition) is 6. The largest absolute Gasteiger partial charge is 0.594 e. The zero-order valence-electron chi connectivity index (χ0n) is 14.3. The lowest BCUT2D eigenvalue weighted by molar-refractivity contribution is -0.644. The van der Waals surface area contributed by atoms with E-state index in [9.17, 15) is 10.0 Å². The normalized spacial score (nSPS) is 11.3. The first-order chi connectivity index (χ1) is 11.3. The second-order valence-electron chi connectivity index (χ2n) is 6.18. The van der Waals surface area contributed by atoms with Gasteiger partial charge in [0.05, 0.1) is 12.6 Å². The number of amides is 1. The molecule has 0 fully saturated rings. The number of ether oxygens (including phenoxy) is 2. The van der Waals surface area contributed by atoms with Crippen LogP contribution in [-0.4, -0.2) is 34.9 Å². The number of carbonyl (C=O) groups excluding carboxylic acids is 1. The van der Waals surface area contributed by atoms with Crippen LogP contribution in [-0.2, 0) is 11.2 Å². The predicted molar refractivity (Wildman–Crippen MR) is 87.6 cm³/mol. The number of benzene rings is 1. The maximum Gasteiger partial charge on any atom is 0.407 e. The average Bonchev–Trinajstić information content (AvgIpc) is 2.50. The van der Waals surface area contributed by atoms with Crippen LogP contribution in [0.1, 0.15) is 33.5 Å². The Bertz CT molecular complexity index is 728. The van der Waals surface area contributed by atoms with E-state index >= 15 is 0 Å². The first-order valence-corrected chi connectivity index (χ1v) is 7.78. The molecule has 130 valence electrons. The molecule has 0 bridgehead atoms. The highest BCUT2D eigenvalue weighted by atomic mass is 16.6. The van der Waals surface area contributed by atoms with Crippen LogP contribution in [0.25, 0.3) is 11.0 Å². The number of hydrogen-bond donors (Lipinski definition) is 1. The van der Waals surface area contributed by atoms with Crippen LogP contribution in [0.5, 0.6) is 5.75 Å². The van der Waals surface area contributed by atoms with Crippen LogP contribution in [0.2, 0.25) is 0 Å². The predicted octanol–water partition coefficient (Wildman–Crippen LogP) is 1.73. The fraction of sp³-hybridized carbons (Fsp3) is 0.500. The van der Waals surface area contributed by atoms with E-state index in [2.05, 4.69) is 15.4 Å². The molecule has 0 aliphatic heterocycles. The second-order valence-corrected chi connectivity index (χ2v) is 6.18. The molecule has 0 atom stereocenters. The van der Waals surface area contributed by atoms with E-state index in [0.717, 1.165) is 0 Å². The van der Waals surface area contributed by atoms with Crippen LogP contribution in [0.3, 0.4) is 0 Å². The highest BCUT2D eigenvalue weighted by Crippen LogP contribution is 2.16. The third kappa shape index (κ3) is 4.94. The Kier molecular flexibility index (Phi) is 5.38. The van der Waals surface area contributed by atoms with Gasteiger partial charge in [-0.2, -0.15) is 0 Å². The van der Waals surface area contributed by atoms with Gasteiger partial charge in [0, 0.05) is 11.5 Å². The number of aryl methyl sites for hydroxylation is 1. The van der Waals surface area contributed by atoms with E-state index in [0.29, 0.717) is 33.9 Å². The monoisotopic (exact) mass is 334 g/mol. The molecular weight excluding hydrogens is 312 g/mol. The summed E-state index contributed by atoms with van der Waals surface area (Å²) in [4.78, 5) is 16.3. The van der Waals surface area contributed by atoms with Crippen molar-refractivity contribution in [1.82, 2.24) is 15.4 Å². The molecule has 1 aromatic carbocycles. The molecule has 2 aromatic rings. The van der Waals surface area contributed by atoms with Gasteiger partial charge in [-0.05, 0) is 37.7 Å². The lowest BCUT2D eigenvalue weighted by atomic mass is 10.2. The van der Waals surface area contributed by atoms with Crippen LogP contribution in [0, 0.1) is 5.21 Å². The Labute approximate surface area is 140 Å². The molecule has 0 aliphatic rings. The van der Waals surface area contributed by atoms with Crippen molar-refractivity contribution in [2.24, 2.45) is 0 Å². The zero-order valence-corrected chi connectivity index (χ0v) is 14.3. The lowest BCUT2D eigenvalue weighted by Crippen LogP contribution is -2.35. The quantitative estimate of drug-likeness (QED) is 0.508. The van der Waals surface area contributed by atoms with Gasteiger partial charge in [-0.1, -0.05) is 6.92 Å². The molecule has 1 N–H and O–H groups in total. The molecule has 1 heterocycles. The number of nitrogens with zero attached hydrogens (tertiary/aromatic N) is 3. The van der Waals surface area contributed by atoms with Gasteiger partial charge in [-0.3, -0.25) is 0 Å². The molecule has 0 spiro atoms. The average molecular weight is 334 g/mol. The topological polar surface area (TPSA) is 100 Å². The molecule has 0 radical (unpaired) electrons. The minimum atomic E-state index is -0.539. The molecule has 0 saturated heterocycles. The summed E-state index contributed by atoms with van der Waals surface area (Å²) in [5, 5.41) is 18.3. The summed E-state index contributed by atoms with van der Waals surface area (Å²) in [5.41, 5.74) is 0.364. The van der Waals surface area contributed by atoms with Crippen LogP contribution in [0.4, 0.5) is 4.79 Å². The van der Waals surface area contributed by atoms with E-state index in [1.54, 1.807) is 39.0 Å². The first kappa shape index (κ1) is 17.7. The van der Waals surface area contributed by atoms with Crippen molar-refractivity contribution in [3.8, 4) is 5.75 Å². The summed E-state index contributed by atoms with van der Waals surface area (Å²) in [6.45, 7) is 7.80. The number of aromatic nitrogens is 3. The van der Waals surface area contributed by atoms with Crippen LogP contribution < -0.4 is 14.9 Å². The summed E-state index contributed by atoms with van der Waals surface area (Å²) >= 11 is 0. The summed E-state index contributed by atoms with van der Waals surface area (Å²) in [6.07, 6.45) is 0.0924. The van der Waals surface area contributed by atoms with Gasteiger partial charge in [0.1, 0.15) is 23.5 Å². The molecule has 0 unspecified atom stereocenters. The van der Waals surface area contributed by atoms with E-state index in [1.807, 2.05) is 6.92 Å². The maximum absolute atomic E-state index is 11.9. The van der Waals surface area contributed by atoms with Crippen molar-refractivity contribution >= 4 is 17.1 Å². The van der Waals surface area contributed by atoms with Crippen LogP contribution >= 0.6 is 0 Å². The summed E-state index contributed by atoms with van der Waals surface area (Å²) < 4.78 is 10.6. The van der Waals surface area contributed by atoms with Gasteiger partial charge in [0.15, 0.2) is 5.82 Å². The first-order valence-electron chi connectivity index (χ1n) is 7.78. The van der Waals surface area contributed by atoms with Gasteiger partial charge in [0.2, 0.25) is 0 Å². The maximum atomic E-state index is 11.9. The van der Waals surface area contributed by atoms with Gasteiger partial charge in [0.25, 0.3) is 5.52 Å². The second kappa shape index (κ2) is 7.29. The van der Waals surface area contributed by atoms with E-state index < -0.39 is 11.7 Å². The van der Waals surface area contributed by atoms with E-state index in [-0.39, 0.29) is 13.2 Å². The van der Waals surface area contributed by atoms with Crippen molar-refractivity contribution in [3.63, 3.8) is 0 Å². The van der Waals surface area contributed by atoms with Gasteiger partial charge in [-0.15, -0.1) is 0 Å². The molecule has 24 heavy (non-hydrogen) atoms. The fourth-order valence-corrected chi connectivity index (χ4v) is 1.95. The SMILES string of the molecule is CCc1nc2ccc(OCCNC(=O)OC(C)(C)C)cc2[n+]([O-])n1. The van der Waals surface area contributed by atoms with Gasteiger partial charge < -0.3 is 20.0 Å². The number of rotatable bonds is 5. The molecule has 2 rings (SSSR count). The molecule has 0 saturated carbocycles. The lowest BCUT2D eigenvalue weighted by Gasteiger charge is -2.19. The molecule has 8 heteroatoms. The van der Waals surface area contributed by atoms with Crippen molar-refractivity contribution in [2.45, 2.75) is 39.7 Å². The molecular formula is C16H22N4O4. The van der Waals surface area contributed by atoms with Crippen molar-refractivity contribution in [3.05, 3.63) is 29.2 Å². The number of carbonyl (C=O) groups is 1. The van der Waals surface area contributed by atoms with E-state index in [1.165, 1.54) is 0 Å². The summed E-state index contributed by atoms with van der Waals surface area (Å²) in [5.74, 6) is 0.999. The Morgan fingerprint density at radius 3 is 2.79 bits per heavy atom. The number of alkyl carbamates (subject to hydrolysis) is 1. The Morgan fingerprint density at radius 2 is 2.12 bits per heavy atom. The Hall–Kier alpha value is -2.64. The third-order valence-corrected chi connectivity index (χ3v) is 2.96. The fourth-order valence-electron chi connectivity index (χ4n) is 1.95. The highest BCUT2D eigenvalue weighted by molar-refractivity contribution is 5.72. The Balaban J connectivity index is 1.92. The van der Waals surface area contributed by atoms with Gasteiger partial charge in [-0.25, -0.2) is 9.78 Å². The highest BCUT2D eigenvalue weighted by Gasteiger charge is 2.15. The van der Waals surface area contributed by atoms with Gasteiger partial charge >= 0.3 is 6.09 Å². The molecule has 8 nitrogen and oxygen atoms in total. The Morgan fingerprint density at radius 1 is 1.38 bits per heavy atom. The van der Waals surface area contributed by atoms with E-state index in [4.69, 9.17) is 9.47 Å². The summed E-state index contributed by atoms with van der Waals surface area (Å²) in [7, 11) is 0. The summed E-state index contributed by atoms with van der Waals surface area (Å²) in [6, 6.07) is 5.01. The van der Waals surface area contributed by atoms with Crippen LogP contribution in [0.15, 0.2) is 18.2 Å². The smallest absolute Gasteiger partial charge is 0.407 e. The van der Waals surface area contributed by atoms with Crippen molar-refractivity contribution in [2.75, 3.05) is 13.2 Å². The van der Waals surface area contributed by atoms with Crippen molar-refractivity contribution < 1.29 is 19.1 Å². The molecule has 1 amide bonds. The minimum Gasteiger partial charge on any atom is -0.594 e. The zero-order chi connectivity index (χ0) is 17.7. The third-order valence-electron chi connectivity index (χ3n) is 2.96. The minimum absolute atomic E-state index is 0.248. The molecule has 1 aromatic heterocycles. The number of fused-ring (bicyclic) bond motifs is 1. The van der Waals surface area contributed by atoms with Crippen molar-refractivity contribution in [1.29, 1.82) is 0 Å². The number of nitrogens with one attached hydrogen (secondary N) is 1. The standard InChI is InChI=1S/C16H22N4O4/c1-5-14-18-12-7-6-11(10-13(12)20(22)19-14)23-9-8-17-15(21)24-16(2,3)4/h6-7,10H,5,8-9H2,1-4H3,(H,17,21).